The van der Waals surface area contributed by atoms with Crippen LogP contribution in [0.25, 0.3) is 0 Å². The molecule has 1 aromatic rings. The monoisotopic (exact) mass is 369 g/mol. The second-order valence-electron chi connectivity index (χ2n) is 5.52. The lowest BCUT2D eigenvalue weighted by molar-refractivity contribution is -0.140. The highest BCUT2D eigenvalue weighted by Crippen LogP contribution is 2.22. The Balaban J connectivity index is 2.21. The number of benzene rings is 1. The summed E-state index contributed by atoms with van der Waals surface area (Å²) in [5.41, 5.74) is 1.06. The van der Waals surface area contributed by atoms with Crippen LogP contribution in [0.5, 0.6) is 5.75 Å². The summed E-state index contributed by atoms with van der Waals surface area (Å²) in [6.07, 6.45) is 4.06. The molecule has 0 aliphatic heterocycles. The van der Waals surface area contributed by atoms with Crippen LogP contribution in [0.4, 0.5) is 0 Å². The maximum absolute atomic E-state index is 11.0. The highest BCUT2D eigenvalue weighted by atomic mass is 35.5. The Bertz CT molecular complexity index is 564. The van der Waals surface area contributed by atoms with E-state index < -0.39 is 0 Å². The Morgan fingerprint density at radius 1 is 1.16 bits per heavy atom. The molecular formula is C18H28ClN3O3. The number of carbonyl (C=O) groups excluding carboxylic acids is 1. The van der Waals surface area contributed by atoms with E-state index in [1.165, 1.54) is 7.11 Å². The lowest BCUT2D eigenvalue weighted by Crippen LogP contribution is -2.38. The number of ether oxygens (including phenoxy) is 2. The van der Waals surface area contributed by atoms with Crippen LogP contribution in [-0.4, -0.2) is 46.3 Å². The Morgan fingerprint density at radius 3 is 2.56 bits per heavy atom. The SMILES string of the molecule is CN=C(NCCCCCC(=O)OC)NCCc1ccc(OC)cc1Cl. The highest BCUT2D eigenvalue weighted by Gasteiger charge is 2.04. The van der Waals surface area contributed by atoms with E-state index in [2.05, 4.69) is 20.4 Å². The van der Waals surface area contributed by atoms with Gasteiger partial charge in [-0.3, -0.25) is 9.79 Å². The van der Waals surface area contributed by atoms with E-state index in [0.717, 1.165) is 56.0 Å². The van der Waals surface area contributed by atoms with Crippen molar-refractivity contribution in [2.24, 2.45) is 4.99 Å². The molecule has 0 atom stereocenters. The third kappa shape index (κ3) is 8.63. The van der Waals surface area contributed by atoms with Crippen LogP contribution in [-0.2, 0) is 16.0 Å². The fraction of sp³-hybridized carbons (Fsp3) is 0.556. The summed E-state index contributed by atoms with van der Waals surface area (Å²) in [5, 5.41) is 7.23. The molecule has 0 aromatic heterocycles. The molecule has 6 nitrogen and oxygen atoms in total. The minimum Gasteiger partial charge on any atom is -0.497 e. The van der Waals surface area contributed by atoms with Gasteiger partial charge in [0.1, 0.15) is 5.75 Å². The number of nitrogens with zero attached hydrogens (tertiary/aromatic N) is 1. The zero-order valence-electron chi connectivity index (χ0n) is 15.2. The van der Waals surface area contributed by atoms with Crippen LogP contribution >= 0.6 is 11.6 Å². The molecule has 2 N–H and O–H groups in total. The van der Waals surface area contributed by atoms with E-state index in [-0.39, 0.29) is 5.97 Å². The van der Waals surface area contributed by atoms with Gasteiger partial charge in [0.25, 0.3) is 0 Å². The van der Waals surface area contributed by atoms with Gasteiger partial charge in [0.2, 0.25) is 0 Å². The van der Waals surface area contributed by atoms with E-state index in [0.29, 0.717) is 11.4 Å². The summed E-state index contributed by atoms with van der Waals surface area (Å²) in [7, 11) is 4.78. The van der Waals surface area contributed by atoms with Crippen molar-refractivity contribution in [2.45, 2.75) is 32.1 Å². The minimum atomic E-state index is -0.150. The van der Waals surface area contributed by atoms with Gasteiger partial charge < -0.3 is 20.1 Å². The van der Waals surface area contributed by atoms with Gasteiger partial charge in [-0.1, -0.05) is 24.1 Å². The second kappa shape index (κ2) is 12.4. The predicted molar refractivity (Wildman–Crippen MR) is 102 cm³/mol. The maximum atomic E-state index is 11.0. The molecule has 25 heavy (non-hydrogen) atoms. The van der Waals surface area contributed by atoms with Crippen molar-refractivity contribution in [1.29, 1.82) is 0 Å². The zero-order chi connectivity index (χ0) is 18.5. The normalized spacial score (nSPS) is 11.1. The molecule has 140 valence electrons. The molecule has 7 heteroatoms. The van der Waals surface area contributed by atoms with Crippen molar-refractivity contribution >= 4 is 23.5 Å². The van der Waals surface area contributed by atoms with E-state index in [1.807, 2.05) is 18.2 Å². The average molecular weight is 370 g/mol. The Labute approximate surface area is 154 Å². The molecule has 0 unspecified atom stereocenters. The van der Waals surface area contributed by atoms with Gasteiger partial charge in [0.05, 0.1) is 14.2 Å². The quantitative estimate of drug-likeness (QED) is 0.287. The Morgan fingerprint density at radius 2 is 1.92 bits per heavy atom. The lowest BCUT2D eigenvalue weighted by Gasteiger charge is -2.12. The molecule has 0 radical (unpaired) electrons. The molecule has 0 bridgehead atoms. The van der Waals surface area contributed by atoms with Crippen LogP contribution in [0.1, 0.15) is 31.2 Å². The highest BCUT2D eigenvalue weighted by molar-refractivity contribution is 6.31. The van der Waals surface area contributed by atoms with E-state index in [9.17, 15) is 4.79 Å². The molecule has 0 spiro atoms. The summed E-state index contributed by atoms with van der Waals surface area (Å²) in [6, 6.07) is 5.70. The molecular weight excluding hydrogens is 342 g/mol. The van der Waals surface area contributed by atoms with Crippen molar-refractivity contribution in [3.8, 4) is 5.75 Å². The molecule has 0 fully saturated rings. The van der Waals surface area contributed by atoms with Crippen LogP contribution < -0.4 is 15.4 Å². The van der Waals surface area contributed by atoms with Crippen LogP contribution in [0.2, 0.25) is 5.02 Å². The number of nitrogens with one attached hydrogen (secondary N) is 2. The first-order chi connectivity index (χ1) is 12.1. The van der Waals surface area contributed by atoms with Crippen molar-refractivity contribution in [2.75, 3.05) is 34.4 Å². The Kier molecular flexibility index (Phi) is 10.5. The van der Waals surface area contributed by atoms with Crippen LogP contribution in [0, 0.1) is 0 Å². The first-order valence-corrected chi connectivity index (χ1v) is 8.82. The summed E-state index contributed by atoms with van der Waals surface area (Å²) in [6.45, 7) is 1.54. The minimum absolute atomic E-state index is 0.150. The molecule has 0 amide bonds. The van der Waals surface area contributed by atoms with Gasteiger partial charge in [0.15, 0.2) is 5.96 Å². The molecule has 0 aliphatic carbocycles. The second-order valence-corrected chi connectivity index (χ2v) is 5.93. The lowest BCUT2D eigenvalue weighted by atomic mass is 10.1. The molecule has 1 rings (SSSR count). The fourth-order valence-electron chi connectivity index (χ4n) is 2.27. The number of esters is 1. The van der Waals surface area contributed by atoms with Gasteiger partial charge in [-0.05, 0) is 37.0 Å². The maximum Gasteiger partial charge on any atom is 0.305 e. The number of hydrogen-bond donors (Lipinski definition) is 2. The topological polar surface area (TPSA) is 72.0 Å². The first-order valence-electron chi connectivity index (χ1n) is 8.44. The number of halogens is 1. The number of unbranched alkanes of at least 4 members (excludes halogenated alkanes) is 2. The number of hydrogen-bond acceptors (Lipinski definition) is 4. The van der Waals surface area contributed by atoms with Gasteiger partial charge in [-0.15, -0.1) is 0 Å². The van der Waals surface area contributed by atoms with Gasteiger partial charge in [0, 0.05) is 31.6 Å². The molecule has 0 aliphatic rings. The number of methoxy groups -OCH3 is 2. The molecule has 0 heterocycles. The van der Waals surface area contributed by atoms with Gasteiger partial charge >= 0.3 is 5.97 Å². The van der Waals surface area contributed by atoms with Gasteiger partial charge in [-0.25, -0.2) is 0 Å². The van der Waals surface area contributed by atoms with Crippen molar-refractivity contribution in [3.05, 3.63) is 28.8 Å². The summed E-state index contributed by atoms with van der Waals surface area (Å²) < 4.78 is 9.76. The Hall–Kier alpha value is -1.95. The molecule has 1 aromatic carbocycles. The zero-order valence-corrected chi connectivity index (χ0v) is 16.0. The largest absolute Gasteiger partial charge is 0.497 e. The third-order valence-corrected chi connectivity index (χ3v) is 4.10. The summed E-state index contributed by atoms with van der Waals surface area (Å²) in [5.74, 6) is 1.37. The number of guanidine groups is 1. The van der Waals surface area contributed by atoms with E-state index in [4.69, 9.17) is 16.3 Å². The third-order valence-electron chi connectivity index (χ3n) is 3.75. The van der Waals surface area contributed by atoms with Crippen molar-refractivity contribution in [1.82, 2.24) is 10.6 Å². The molecule has 0 saturated heterocycles. The van der Waals surface area contributed by atoms with E-state index >= 15 is 0 Å². The van der Waals surface area contributed by atoms with E-state index in [1.54, 1.807) is 14.2 Å². The first kappa shape index (κ1) is 21.1. The predicted octanol–water partition coefficient (Wildman–Crippen LogP) is 2.79. The number of carbonyl (C=O) groups is 1. The smallest absolute Gasteiger partial charge is 0.305 e. The summed E-state index contributed by atoms with van der Waals surface area (Å²) in [4.78, 5) is 15.2. The fourth-order valence-corrected chi connectivity index (χ4v) is 2.54. The number of rotatable bonds is 10. The number of aliphatic imine (C=N–C) groups is 1. The average Bonchev–Trinajstić information content (AvgIpc) is 2.63. The van der Waals surface area contributed by atoms with Crippen molar-refractivity contribution < 1.29 is 14.3 Å². The molecule has 0 saturated carbocycles. The summed E-state index contributed by atoms with van der Waals surface area (Å²) >= 11 is 6.24. The van der Waals surface area contributed by atoms with Crippen LogP contribution in [0.3, 0.4) is 0 Å². The van der Waals surface area contributed by atoms with Crippen molar-refractivity contribution in [3.63, 3.8) is 0 Å². The van der Waals surface area contributed by atoms with Crippen LogP contribution in [0.15, 0.2) is 23.2 Å². The standard InChI is InChI=1S/C18H28ClN3O3/c1-20-18(21-11-6-4-5-7-17(23)25-3)22-12-10-14-8-9-15(24-2)13-16(14)19/h8-9,13H,4-7,10-12H2,1-3H3,(H2,20,21,22). The van der Waals surface area contributed by atoms with Gasteiger partial charge in [-0.2, -0.15) is 0 Å².